The molecule has 0 N–H and O–H groups in total. The molecule has 1 aliphatic heterocycles. The summed E-state index contributed by atoms with van der Waals surface area (Å²) in [5.74, 6) is 0.798. The van der Waals surface area contributed by atoms with Gasteiger partial charge in [-0.2, -0.15) is 0 Å². The van der Waals surface area contributed by atoms with Crippen molar-refractivity contribution in [3.63, 3.8) is 0 Å². The van der Waals surface area contributed by atoms with E-state index in [2.05, 4.69) is 0 Å². The number of rotatable bonds is 5. The van der Waals surface area contributed by atoms with Crippen molar-refractivity contribution in [2.45, 2.75) is 51.9 Å². The zero-order valence-corrected chi connectivity index (χ0v) is 13.8. The van der Waals surface area contributed by atoms with E-state index in [-0.39, 0.29) is 24.4 Å². The van der Waals surface area contributed by atoms with Gasteiger partial charge in [0.15, 0.2) is 0 Å². The van der Waals surface area contributed by atoms with Crippen LogP contribution in [0.2, 0.25) is 0 Å². The summed E-state index contributed by atoms with van der Waals surface area (Å²) in [7, 11) is 1.30. The molecule has 0 bridgehead atoms. The van der Waals surface area contributed by atoms with Crippen molar-refractivity contribution < 1.29 is 18.8 Å². The normalized spacial score (nSPS) is 21.3. The second kappa shape index (κ2) is 5.99. The summed E-state index contributed by atoms with van der Waals surface area (Å²) >= 11 is 0. The van der Waals surface area contributed by atoms with Crippen LogP contribution < -0.4 is 10.2 Å². The first kappa shape index (κ1) is 16.3. The van der Waals surface area contributed by atoms with Gasteiger partial charge in [-0.15, -0.1) is 0 Å². The van der Waals surface area contributed by atoms with E-state index in [0.29, 0.717) is 6.61 Å². The van der Waals surface area contributed by atoms with Gasteiger partial charge in [0.05, 0.1) is 17.8 Å². The topological polar surface area (TPSA) is 36.9 Å². The van der Waals surface area contributed by atoms with E-state index in [9.17, 15) is 0 Å². The molecule has 0 aromatic heterocycles. The quantitative estimate of drug-likeness (QED) is 0.781. The molecular weight excluding hydrogens is 267 g/mol. The van der Waals surface area contributed by atoms with Crippen molar-refractivity contribution in [2.24, 2.45) is 0 Å². The molecule has 0 radical (unpaired) electrons. The number of methoxy groups -OCH3 is 1. The summed E-state index contributed by atoms with van der Waals surface area (Å²) < 4.78 is 23.0. The van der Waals surface area contributed by atoms with Gasteiger partial charge in [-0.25, -0.2) is 0 Å². The lowest BCUT2D eigenvalue weighted by atomic mass is 9.79. The minimum Gasteiger partial charge on any atom is -0.488 e. The fourth-order valence-electron chi connectivity index (χ4n) is 2.21. The molecule has 0 amide bonds. The standard InChI is InChI=1S/C16H25BO4/c1-12(11-18-6)19-14-9-7-8-13(10-14)17-20-15(2,3)16(4,5)21-17/h7-10,12H,11H2,1-6H3/t12-/m1/s1. The Kier molecular flexibility index (Phi) is 4.66. The summed E-state index contributed by atoms with van der Waals surface area (Å²) in [6.07, 6.45) is 0.00328. The minimum absolute atomic E-state index is 0.00328. The Bertz CT molecular complexity index is 471. The maximum absolute atomic E-state index is 6.06. The molecule has 1 aromatic carbocycles. The van der Waals surface area contributed by atoms with Crippen molar-refractivity contribution in [3.05, 3.63) is 24.3 Å². The third kappa shape index (κ3) is 3.60. The monoisotopic (exact) mass is 292 g/mol. The number of benzene rings is 1. The molecule has 0 unspecified atom stereocenters. The van der Waals surface area contributed by atoms with E-state index in [1.54, 1.807) is 7.11 Å². The van der Waals surface area contributed by atoms with Gasteiger partial charge in [-0.3, -0.25) is 0 Å². The molecule has 4 nitrogen and oxygen atoms in total. The number of hydrogen-bond acceptors (Lipinski definition) is 4. The summed E-state index contributed by atoms with van der Waals surface area (Å²) in [6.45, 7) is 10.7. The van der Waals surface area contributed by atoms with Crippen LogP contribution in [0, 0.1) is 0 Å². The SMILES string of the molecule is COC[C@@H](C)Oc1cccc(B2OC(C)(C)C(C)(C)O2)c1. The highest BCUT2D eigenvalue weighted by Gasteiger charge is 2.51. The molecule has 21 heavy (non-hydrogen) atoms. The van der Waals surface area contributed by atoms with Crippen molar-refractivity contribution in [2.75, 3.05) is 13.7 Å². The first-order valence-corrected chi connectivity index (χ1v) is 7.36. The fourth-order valence-corrected chi connectivity index (χ4v) is 2.21. The van der Waals surface area contributed by atoms with Gasteiger partial charge in [-0.1, -0.05) is 12.1 Å². The van der Waals surface area contributed by atoms with Gasteiger partial charge in [0.1, 0.15) is 11.9 Å². The Labute approximate surface area is 127 Å². The van der Waals surface area contributed by atoms with Crippen LogP contribution in [-0.4, -0.2) is 38.1 Å². The molecule has 2 rings (SSSR count). The lowest BCUT2D eigenvalue weighted by Gasteiger charge is -2.32. The summed E-state index contributed by atoms with van der Waals surface area (Å²) in [5.41, 5.74) is 0.297. The molecule has 1 atom stereocenters. The lowest BCUT2D eigenvalue weighted by Crippen LogP contribution is -2.41. The maximum atomic E-state index is 6.06. The van der Waals surface area contributed by atoms with Gasteiger partial charge >= 0.3 is 7.12 Å². The second-order valence-corrected chi connectivity index (χ2v) is 6.54. The largest absolute Gasteiger partial charge is 0.494 e. The Balaban J connectivity index is 2.12. The fraction of sp³-hybridized carbons (Fsp3) is 0.625. The van der Waals surface area contributed by atoms with Crippen LogP contribution in [0.25, 0.3) is 0 Å². The van der Waals surface area contributed by atoms with E-state index < -0.39 is 0 Å². The maximum Gasteiger partial charge on any atom is 0.494 e. The molecule has 1 aromatic rings. The molecule has 5 heteroatoms. The Morgan fingerprint density at radius 2 is 1.76 bits per heavy atom. The van der Waals surface area contributed by atoms with Gasteiger partial charge in [-0.05, 0) is 52.2 Å². The predicted octanol–water partition coefficient (Wildman–Crippen LogP) is 2.40. The minimum atomic E-state index is -0.365. The number of ether oxygens (including phenoxy) is 2. The first-order chi connectivity index (χ1) is 9.75. The summed E-state index contributed by atoms with van der Waals surface area (Å²) in [4.78, 5) is 0. The van der Waals surface area contributed by atoms with Crippen LogP contribution in [0.5, 0.6) is 5.75 Å². The highest BCUT2D eigenvalue weighted by Crippen LogP contribution is 2.36. The predicted molar refractivity (Wildman–Crippen MR) is 84.1 cm³/mol. The van der Waals surface area contributed by atoms with Gasteiger partial charge < -0.3 is 18.8 Å². The average molecular weight is 292 g/mol. The molecule has 0 saturated carbocycles. The van der Waals surface area contributed by atoms with Gasteiger partial charge in [0.25, 0.3) is 0 Å². The van der Waals surface area contributed by atoms with Gasteiger partial charge in [0, 0.05) is 7.11 Å². The molecule has 116 valence electrons. The van der Waals surface area contributed by atoms with Gasteiger partial charge in [0.2, 0.25) is 0 Å². The smallest absolute Gasteiger partial charge is 0.488 e. The summed E-state index contributed by atoms with van der Waals surface area (Å²) in [6, 6.07) is 7.85. The highest BCUT2D eigenvalue weighted by atomic mass is 16.7. The first-order valence-electron chi connectivity index (χ1n) is 7.36. The van der Waals surface area contributed by atoms with Crippen molar-refractivity contribution >= 4 is 12.6 Å². The van der Waals surface area contributed by atoms with Crippen molar-refractivity contribution in [1.82, 2.24) is 0 Å². The zero-order chi connectivity index (χ0) is 15.7. The molecule has 1 heterocycles. The van der Waals surface area contributed by atoms with Crippen molar-refractivity contribution in [1.29, 1.82) is 0 Å². The second-order valence-electron chi connectivity index (χ2n) is 6.54. The van der Waals surface area contributed by atoms with Crippen LogP contribution in [0.15, 0.2) is 24.3 Å². The van der Waals surface area contributed by atoms with Crippen LogP contribution >= 0.6 is 0 Å². The van der Waals surface area contributed by atoms with E-state index in [4.69, 9.17) is 18.8 Å². The van der Waals surface area contributed by atoms with E-state index >= 15 is 0 Å². The Morgan fingerprint density at radius 1 is 1.14 bits per heavy atom. The molecular formula is C16H25BO4. The van der Waals surface area contributed by atoms with Crippen LogP contribution in [0.4, 0.5) is 0 Å². The Morgan fingerprint density at radius 3 is 2.33 bits per heavy atom. The molecule has 0 aliphatic carbocycles. The average Bonchev–Trinajstić information content (AvgIpc) is 2.59. The lowest BCUT2D eigenvalue weighted by molar-refractivity contribution is 0.00578. The zero-order valence-electron chi connectivity index (χ0n) is 13.8. The molecule has 1 aliphatic rings. The van der Waals surface area contributed by atoms with E-state index in [1.807, 2.05) is 58.9 Å². The third-order valence-corrected chi connectivity index (χ3v) is 4.12. The highest BCUT2D eigenvalue weighted by molar-refractivity contribution is 6.62. The third-order valence-electron chi connectivity index (χ3n) is 4.12. The molecule has 1 saturated heterocycles. The molecule has 1 fully saturated rings. The van der Waals surface area contributed by atoms with Crippen LogP contribution in [0.1, 0.15) is 34.6 Å². The van der Waals surface area contributed by atoms with Crippen LogP contribution in [-0.2, 0) is 14.0 Å². The summed E-state index contributed by atoms with van der Waals surface area (Å²) in [5, 5.41) is 0. The van der Waals surface area contributed by atoms with Crippen LogP contribution in [0.3, 0.4) is 0 Å². The van der Waals surface area contributed by atoms with Crippen molar-refractivity contribution in [3.8, 4) is 5.75 Å². The van der Waals surface area contributed by atoms with E-state index in [0.717, 1.165) is 11.2 Å². The number of hydrogen-bond donors (Lipinski definition) is 0. The molecule has 0 spiro atoms. The van der Waals surface area contributed by atoms with E-state index in [1.165, 1.54) is 0 Å². The Hall–Kier alpha value is -1.04.